The number of carbonyl (C=O) groups is 1. The number of rotatable bonds is 7. The van der Waals surface area contributed by atoms with Crippen LogP contribution >= 0.6 is 0 Å². The summed E-state index contributed by atoms with van der Waals surface area (Å²) in [5.41, 5.74) is 4.99. The largest absolute Gasteiger partial charge is 0.395 e. The number of aryl methyl sites for hydroxylation is 1. The fourth-order valence-corrected chi connectivity index (χ4v) is 3.13. The Balaban J connectivity index is 3.19. The van der Waals surface area contributed by atoms with Gasteiger partial charge in [-0.3, -0.25) is 4.79 Å². The van der Waals surface area contributed by atoms with Gasteiger partial charge in [-0.25, -0.2) is 17.2 Å². The third-order valence-electron chi connectivity index (χ3n) is 2.56. The van der Waals surface area contributed by atoms with E-state index in [2.05, 4.69) is 0 Å². The summed E-state index contributed by atoms with van der Waals surface area (Å²) < 4.78 is 50.8. The minimum Gasteiger partial charge on any atom is -0.395 e. The molecule has 114 valence electrons. The van der Waals surface area contributed by atoms with Gasteiger partial charge in [-0.05, 0) is 6.07 Å². The number of aliphatic hydroxyl groups excluding tert-OH is 1. The van der Waals surface area contributed by atoms with Crippen LogP contribution in [0.25, 0.3) is 0 Å². The number of nitrogens with zero attached hydrogens (tertiary/aromatic N) is 2. The van der Waals surface area contributed by atoms with Crippen molar-refractivity contribution in [3.05, 3.63) is 18.0 Å². The van der Waals surface area contributed by atoms with Crippen LogP contribution in [0.15, 0.2) is 17.2 Å². The molecule has 0 unspecified atom stereocenters. The molecule has 0 saturated heterocycles. The Labute approximate surface area is 114 Å². The van der Waals surface area contributed by atoms with E-state index in [1.54, 1.807) is 0 Å². The molecule has 1 aromatic rings. The summed E-state index contributed by atoms with van der Waals surface area (Å²) in [6.07, 6.45) is -1.78. The predicted molar refractivity (Wildman–Crippen MR) is 65.8 cm³/mol. The van der Waals surface area contributed by atoms with Crippen LogP contribution in [0.2, 0.25) is 0 Å². The number of carbonyl (C=O) groups excluding carboxylic acids is 1. The molecule has 1 heterocycles. The SMILES string of the molecule is Cn1cc(S(=O)(=O)N(CCO)CC(F)F)cc1C(N)=O. The van der Waals surface area contributed by atoms with Gasteiger partial charge in [0.25, 0.3) is 12.3 Å². The van der Waals surface area contributed by atoms with Gasteiger partial charge >= 0.3 is 0 Å². The number of sulfonamides is 1. The summed E-state index contributed by atoms with van der Waals surface area (Å²) in [4.78, 5) is 10.7. The second-order valence-corrected chi connectivity index (χ2v) is 5.95. The van der Waals surface area contributed by atoms with Gasteiger partial charge in [0.15, 0.2) is 0 Å². The molecule has 10 heteroatoms. The molecule has 1 amide bonds. The topological polar surface area (TPSA) is 106 Å². The molecule has 3 N–H and O–H groups in total. The zero-order valence-electron chi connectivity index (χ0n) is 10.7. The fourth-order valence-electron chi connectivity index (χ4n) is 1.64. The van der Waals surface area contributed by atoms with Gasteiger partial charge in [-0.2, -0.15) is 4.31 Å². The first-order valence-corrected chi connectivity index (χ1v) is 6.99. The van der Waals surface area contributed by atoms with Gasteiger partial charge in [0, 0.05) is 19.8 Å². The highest BCUT2D eigenvalue weighted by atomic mass is 32.2. The van der Waals surface area contributed by atoms with Crippen LogP contribution < -0.4 is 5.73 Å². The first-order valence-electron chi connectivity index (χ1n) is 5.55. The number of nitrogens with two attached hydrogens (primary N) is 1. The van der Waals surface area contributed by atoms with E-state index in [1.165, 1.54) is 11.6 Å². The van der Waals surface area contributed by atoms with Crippen molar-refractivity contribution in [1.29, 1.82) is 0 Å². The monoisotopic (exact) mass is 311 g/mol. The molecule has 0 atom stereocenters. The molecule has 20 heavy (non-hydrogen) atoms. The van der Waals surface area contributed by atoms with Gasteiger partial charge < -0.3 is 15.4 Å². The van der Waals surface area contributed by atoms with Crippen molar-refractivity contribution >= 4 is 15.9 Å². The zero-order chi connectivity index (χ0) is 15.5. The van der Waals surface area contributed by atoms with Gasteiger partial charge in [0.1, 0.15) is 10.6 Å². The molecule has 0 bridgehead atoms. The molecule has 0 aromatic carbocycles. The maximum atomic E-state index is 12.4. The summed E-state index contributed by atoms with van der Waals surface area (Å²) in [6.45, 7) is -2.10. The lowest BCUT2D eigenvalue weighted by Crippen LogP contribution is -2.37. The maximum Gasteiger partial charge on any atom is 0.265 e. The van der Waals surface area contributed by atoms with E-state index >= 15 is 0 Å². The van der Waals surface area contributed by atoms with Crippen LogP contribution in [0, 0.1) is 0 Å². The van der Waals surface area contributed by atoms with Crippen molar-refractivity contribution in [3.8, 4) is 0 Å². The molecular formula is C10H15F2N3O4S. The van der Waals surface area contributed by atoms with Crippen LogP contribution in [-0.2, 0) is 17.1 Å². The number of halogens is 2. The van der Waals surface area contributed by atoms with Crippen LogP contribution in [-0.4, -0.2) is 54.4 Å². The first-order chi connectivity index (χ1) is 9.20. The van der Waals surface area contributed by atoms with Gasteiger partial charge in [-0.1, -0.05) is 0 Å². The van der Waals surface area contributed by atoms with Crippen molar-refractivity contribution in [1.82, 2.24) is 8.87 Å². The molecule has 0 aliphatic rings. The van der Waals surface area contributed by atoms with E-state index in [1.807, 2.05) is 0 Å². The van der Waals surface area contributed by atoms with E-state index < -0.39 is 42.1 Å². The normalized spacial score (nSPS) is 12.3. The van der Waals surface area contributed by atoms with Crippen molar-refractivity contribution in [2.75, 3.05) is 19.7 Å². The number of hydrogen-bond acceptors (Lipinski definition) is 4. The highest BCUT2D eigenvalue weighted by Gasteiger charge is 2.28. The Hall–Kier alpha value is -1.52. The predicted octanol–water partition coefficient (Wildman–Crippen LogP) is -0.628. The van der Waals surface area contributed by atoms with E-state index in [9.17, 15) is 22.0 Å². The average molecular weight is 311 g/mol. The Morgan fingerprint density at radius 3 is 2.55 bits per heavy atom. The molecular weight excluding hydrogens is 296 g/mol. The third kappa shape index (κ3) is 3.52. The second kappa shape index (κ2) is 6.29. The van der Waals surface area contributed by atoms with Crippen molar-refractivity contribution in [2.45, 2.75) is 11.3 Å². The smallest absolute Gasteiger partial charge is 0.265 e. The van der Waals surface area contributed by atoms with Crippen molar-refractivity contribution in [2.24, 2.45) is 12.8 Å². The highest BCUT2D eigenvalue weighted by molar-refractivity contribution is 7.89. The third-order valence-corrected chi connectivity index (χ3v) is 4.39. The van der Waals surface area contributed by atoms with Crippen LogP contribution in [0.5, 0.6) is 0 Å². The minimum atomic E-state index is -4.23. The molecule has 0 spiro atoms. The van der Waals surface area contributed by atoms with Crippen LogP contribution in [0.3, 0.4) is 0 Å². The standard InChI is InChI=1S/C10H15F2N3O4S/c1-14-5-7(4-8(14)10(13)17)20(18,19)15(2-3-16)6-9(11)12/h4-5,9,16H,2-3,6H2,1H3,(H2,13,17). The number of aromatic nitrogens is 1. The Kier molecular flexibility index (Phi) is 5.20. The quantitative estimate of drug-likeness (QED) is 0.699. The average Bonchev–Trinajstić information content (AvgIpc) is 2.71. The van der Waals surface area contributed by atoms with E-state index in [-0.39, 0.29) is 10.6 Å². The zero-order valence-corrected chi connectivity index (χ0v) is 11.5. The summed E-state index contributed by atoms with van der Waals surface area (Å²) >= 11 is 0. The van der Waals surface area contributed by atoms with Gasteiger partial charge in [0.05, 0.1) is 13.2 Å². The van der Waals surface area contributed by atoms with E-state index in [4.69, 9.17) is 10.8 Å². The lowest BCUT2D eigenvalue weighted by molar-refractivity contribution is 0.0992. The van der Waals surface area contributed by atoms with Gasteiger partial charge in [-0.15, -0.1) is 0 Å². The molecule has 1 rings (SSSR count). The highest BCUT2D eigenvalue weighted by Crippen LogP contribution is 2.19. The Morgan fingerprint density at radius 1 is 1.55 bits per heavy atom. The lowest BCUT2D eigenvalue weighted by Gasteiger charge is -2.19. The number of aliphatic hydroxyl groups is 1. The molecule has 0 fully saturated rings. The van der Waals surface area contributed by atoms with Crippen molar-refractivity contribution in [3.63, 3.8) is 0 Å². The molecule has 7 nitrogen and oxygen atoms in total. The molecule has 1 aromatic heterocycles. The summed E-state index contributed by atoms with van der Waals surface area (Å²) in [5, 5.41) is 8.78. The van der Waals surface area contributed by atoms with E-state index in [0.29, 0.717) is 4.31 Å². The number of amides is 1. The molecule has 0 aliphatic heterocycles. The van der Waals surface area contributed by atoms with Crippen molar-refractivity contribution < 1.29 is 27.1 Å². The minimum absolute atomic E-state index is 0.0652. The first kappa shape index (κ1) is 16.5. The number of primary amides is 1. The Morgan fingerprint density at radius 2 is 2.15 bits per heavy atom. The molecule has 0 aliphatic carbocycles. The fraction of sp³-hybridized carbons (Fsp3) is 0.500. The summed E-state index contributed by atoms with van der Waals surface area (Å²) in [5.74, 6) is -0.837. The summed E-state index contributed by atoms with van der Waals surface area (Å²) in [7, 11) is -2.82. The van der Waals surface area contributed by atoms with E-state index in [0.717, 1.165) is 12.3 Å². The van der Waals surface area contributed by atoms with Crippen LogP contribution in [0.4, 0.5) is 8.78 Å². The van der Waals surface area contributed by atoms with Crippen LogP contribution in [0.1, 0.15) is 10.5 Å². The van der Waals surface area contributed by atoms with Gasteiger partial charge in [0.2, 0.25) is 10.0 Å². The lowest BCUT2D eigenvalue weighted by atomic mass is 10.4. The molecule has 0 saturated carbocycles. The summed E-state index contributed by atoms with van der Waals surface area (Å²) in [6, 6.07) is 1.01. The maximum absolute atomic E-state index is 12.4. The second-order valence-electron chi connectivity index (χ2n) is 4.01. The number of hydrogen-bond donors (Lipinski definition) is 2. The molecule has 0 radical (unpaired) electrons. The Bertz CT molecular complexity index is 585. The number of alkyl halides is 2.